The van der Waals surface area contributed by atoms with E-state index in [1.54, 1.807) is 6.20 Å². The highest BCUT2D eigenvalue weighted by atomic mass is 16.5. The van der Waals surface area contributed by atoms with Crippen molar-refractivity contribution in [2.45, 2.75) is 57.8 Å². The van der Waals surface area contributed by atoms with Crippen molar-refractivity contribution in [1.82, 2.24) is 4.90 Å². The monoisotopic (exact) mass is 417 g/mol. The Balaban J connectivity index is 1.29. The standard InChI is InChI=1S/C27H31NO3/c1-27-13-11-23-22-9-7-21(29)16-18(22)5-8-24(23)25(27)10-6-20(27)12-15-31-26(30)19-4-3-14-28(2)17-19/h3,7,9,14,16-17,20,23-25,29H,4-6,8,10-11,13H2,1-2H3/t20-,23+,24+,25-,27+/m0/s1. The number of aromatic hydroxyl groups is 1. The number of rotatable bonds is 1. The van der Waals surface area contributed by atoms with E-state index >= 15 is 0 Å². The Labute approximate surface area is 185 Å². The summed E-state index contributed by atoms with van der Waals surface area (Å²) in [6, 6.07) is 5.97. The van der Waals surface area contributed by atoms with Gasteiger partial charge in [0.2, 0.25) is 0 Å². The summed E-state index contributed by atoms with van der Waals surface area (Å²) in [6.07, 6.45) is 16.0. The molecule has 31 heavy (non-hydrogen) atoms. The topological polar surface area (TPSA) is 49.8 Å². The molecule has 1 heterocycles. The van der Waals surface area contributed by atoms with Crippen LogP contribution in [0.1, 0.15) is 62.5 Å². The lowest BCUT2D eigenvalue weighted by molar-refractivity contribution is -0.132. The summed E-state index contributed by atoms with van der Waals surface area (Å²) in [4.78, 5) is 14.2. The lowest BCUT2D eigenvalue weighted by Gasteiger charge is -2.50. The van der Waals surface area contributed by atoms with Gasteiger partial charge in [-0.05, 0) is 91.2 Å². The van der Waals surface area contributed by atoms with Crippen molar-refractivity contribution in [3.63, 3.8) is 0 Å². The number of phenols is 1. The molecule has 0 unspecified atom stereocenters. The molecule has 0 saturated heterocycles. The van der Waals surface area contributed by atoms with Gasteiger partial charge in [0.15, 0.2) is 0 Å². The van der Waals surface area contributed by atoms with Crippen LogP contribution in [-0.4, -0.2) is 23.0 Å². The van der Waals surface area contributed by atoms with Crippen molar-refractivity contribution in [3.8, 4) is 17.8 Å². The number of phenolic OH excluding ortho intramolecular Hbond substituents is 1. The fourth-order valence-electron chi connectivity index (χ4n) is 6.84. The lowest BCUT2D eigenvalue weighted by Crippen LogP contribution is -2.42. The minimum absolute atomic E-state index is 0.196. The van der Waals surface area contributed by atoms with Gasteiger partial charge in [-0.3, -0.25) is 0 Å². The van der Waals surface area contributed by atoms with Gasteiger partial charge in [0, 0.05) is 25.6 Å². The molecule has 2 fully saturated rings. The van der Waals surface area contributed by atoms with E-state index in [9.17, 15) is 9.90 Å². The predicted molar refractivity (Wildman–Crippen MR) is 120 cm³/mol. The molecule has 5 atom stereocenters. The molecule has 1 aromatic rings. The van der Waals surface area contributed by atoms with Crippen LogP contribution in [0.15, 0.2) is 42.2 Å². The molecule has 5 rings (SSSR count). The molecular formula is C27H31NO3. The molecule has 0 amide bonds. The van der Waals surface area contributed by atoms with Crippen LogP contribution in [0.2, 0.25) is 0 Å². The predicted octanol–water partition coefficient (Wildman–Crippen LogP) is 5.10. The van der Waals surface area contributed by atoms with Crippen LogP contribution in [0.25, 0.3) is 0 Å². The number of benzene rings is 1. The molecule has 2 saturated carbocycles. The summed E-state index contributed by atoms with van der Waals surface area (Å²) in [5.41, 5.74) is 3.63. The second-order valence-electron chi connectivity index (χ2n) is 10.0. The molecule has 1 aromatic carbocycles. The van der Waals surface area contributed by atoms with Crippen molar-refractivity contribution < 1.29 is 14.6 Å². The highest BCUT2D eigenvalue weighted by Gasteiger charge is 2.54. The number of ether oxygens (including phenoxy) is 1. The van der Waals surface area contributed by atoms with E-state index in [2.05, 4.69) is 25.0 Å². The van der Waals surface area contributed by atoms with Gasteiger partial charge in [-0.1, -0.05) is 25.0 Å². The fraction of sp³-hybridized carbons (Fsp3) is 0.519. The zero-order valence-corrected chi connectivity index (χ0v) is 18.4. The number of carbonyl (C=O) groups is 1. The van der Waals surface area contributed by atoms with Gasteiger partial charge in [-0.25, -0.2) is 4.79 Å². The molecule has 0 bridgehead atoms. The molecule has 1 N–H and O–H groups in total. The maximum absolute atomic E-state index is 12.3. The van der Waals surface area contributed by atoms with Gasteiger partial charge in [0.1, 0.15) is 11.9 Å². The Bertz CT molecular complexity index is 1010. The normalized spacial score (nSPS) is 33.4. The average molecular weight is 418 g/mol. The Morgan fingerprint density at radius 2 is 2.13 bits per heavy atom. The minimum Gasteiger partial charge on any atom is -0.508 e. The second-order valence-corrected chi connectivity index (χ2v) is 10.0. The molecule has 1 aliphatic heterocycles. The van der Waals surface area contributed by atoms with Crippen LogP contribution >= 0.6 is 0 Å². The van der Waals surface area contributed by atoms with Crippen molar-refractivity contribution in [3.05, 3.63) is 53.4 Å². The third-order valence-corrected chi connectivity index (χ3v) is 8.39. The van der Waals surface area contributed by atoms with Crippen molar-refractivity contribution in [1.29, 1.82) is 0 Å². The number of aryl methyl sites for hydroxylation is 1. The first-order chi connectivity index (χ1) is 15.0. The van der Waals surface area contributed by atoms with Gasteiger partial charge in [0.25, 0.3) is 0 Å². The van der Waals surface area contributed by atoms with Crippen LogP contribution in [0.3, 0.4) is 0 Å². The van der Waals surface area contributed by atoms with Crippen molar-refractivity contribution in [2.75, 3.05) is 7.05 Å². The van der Waals surface area contributed by atoms with E-state index < -0.39 is 0 Å². The first kappa shape index (κ1) is 20.2. The molecule has 0 spiro atoms. The number of allylic oxidation sites excluding steroid dienone is 1. The highest BCUT2D eigenvalue weighted by molar-refractivity contribution is 5.89. The Morgan fingerprint density at radius 3 is 2.97 bits per heavy atom. The maximum atomic E-state index is 12.3. The largest absolute Gasteiger partial charge is 0.508 e. The van der Waals surface area contributed by atoms with Gasteiger partial charge < -0.3 is 14.7 Å². The number of hydrogen-bond acceptors (Lipinski definition) is 4. The Morgan fingerprint density at radius 1 is 1.26 bits per heavy atom. The summed E-state index contributed by atoms with van der Waals surface area (Å²) in [5, 5.41) is 9.87. The quantitative estimate of drug-likeness (QED) is 0.510. The third kappa shape index (κ3) is 3.55. The summed E-state index contributed by atoms with van der Waals surface area (Å²) in [6.45, 7) is 2.41. The summed E-state index contributed by atoms with van der Waals surface area (Å²) in [7, 11) is 1.90. The molecule has 3 aliphatic carbocycles. The molecule has 4 nitrogen and oxygen atoms in total. The van der Waals surface area contributed by atoms with Crippen LogP contribution in [-0.2, 0) is 16.0 Å². The van der Waals surface area contributed by atoms with Crippen LogP contribution in [0, 0.1) is 35.2 Å². The molecule has 4 aliphatic rings. The highest BCUT2D eigenvalue weighted by Crippen LogP contribution is 2.62. The Kier molecular flexibility index (Phi) is 5.08. The summed E-state index contributed by atoms with van der Waals surface area (Å²) in [5.74, 6) is 5.65. The summed E-state index contributed by atoms with van der Waals surface area (Å²) >= 11 is 0. The van der Waals surface area contributed by atoms with Crippen LogP contribution in [0.5, 0.6) is 5.75 Å². The van der Waals surface area contributed by atoms with E-state index in [1.807, 2.05) is 36.4 Å². The van der Waals surface area contributed by atoms with Crippen molar-refractivity contribution in [2.24, 2.45) is 23.2 Å². The fourth-order valence-corrected chi connectivity index (χ4v) is 6.84. The van der Waals surface area contributed by atoms with Gasteiger partial charge in [-0.15, -0.1) is 0 Å². The van der Waals surface area contributed by atoms with Crippen LogP contribution < -0.4 is 0 Å². The SMILES string of the molecule is CN1C=CCC(C(=O)OC#C[C@@H]2CC[C@H]3[C@@H]4CCc5cc(O)ccc5[C@H]4CC[C@]23C)=C1. The average Bonchev–Trinajstić information content (AvgIpc) is 3.09. The third-order valence-electron chi connectivity index (χ3n) is 8.39. The maximum Gasteiger partial charge on any atom is 0.349 e. The lowest BCUT2D eigenvalue weighted by atomic mass is 9.54. The zero-order valence-electron chi connectivity index (χ0n) is 18.4. The van der Waals surface area contributed by atoms with Crippen molar-refractivity contribution >= 4 is 5.97 Å². The Hall–Kier alpha value is -2.67. The second kappa shape index (κ2) is 7.79. The molecule has 0 radical (unpaired) electrons. The van der Waals surface area contributed by atoms with E-state index in [4.69, 9.17) is 4.74 Å². The number of fused-ring (bicyclic) bond motifs is 5. The molecule has 0 aromatic heterocycles. The molecular weight excluding hydrogens is 386 g/mol. The zero-order chi connectivity index (χ0) is 21.6. The smallest absolute Gasteiger partial charge is 0.349 e. The summed E-state index contributed by atoms with van der Waals surface area (Å²) < 4.78 is 5.33. The van der Waals surface area contributed by atoms with Gasteiger partial charge >= 0.3 is 5.97 Å². The van der Waals surface area contributed by atoms with Gasteiger partial charge in [-0.2, -0.15) is 0 Å². The molecule has 162 valence electrons. The van der Waals surface area contributed by atoms with E-state index in [0.717, 1.165) is 19.3 Å². The van der Waals surface area contributed by atoms with E-state index in [1.165, 1.54) is 30.4 Å². The molecule has 4 heteroatoms. The van der Waals surface area contributed by atoms with Gasteiger partial charge in [0.05, 0.1) is 5.57 Å². The van der Waals surface area contributed by atoms with E-state index in [0.29, 0.717) is 35.5 Å². The van der Waals surface area contributed by atoms with E-state index in [-0.39, 0.29) is 17.3 Å². The number of hydrogen-bond donors (Lipinski definition) is 1. The number of carbonyl (C=O) groups excluding carboxylic acids is 1. The first-order valence-corrected chi connectivity index (χ1v) is 11.6. The number of nitrogens with zero attached hydrogens (tertiary/aromatic N) is 1. The van der Waals surface area contributed by atoms with Crippen LogP contribution in [0.4, 0.5) is 0 Å². The first-order valence-electron chi connectivity index (χ1n) is 11.6. The minimum atomic E-state index is -0.334. The number of esters is 1.